The minimum atomic E-state index is -0.0593. The zero-order chi connectivity index (χ0) is 11.9. The van der Waals surface area contributed by atoms with Gasteiger partial charge in [0.05, 0.1) is 6.04 Å². The van der Waals surface area contributed by atoms with Crippen molar-refractivity contribution in [2.75, 3.05) is 25.5 Å². The van der Waals surface area contributed by atoms with Gasteiger partial charge >= 0.3 is 0 Å². The topological polar surface area (TPSA) is 26.7 Å². The molecule has 3 nitrogen and oxygen atoms in total. The van der Waals surface area contributed by atoms with Crippen LogP contribution >= 0.6 is 23.2 Å². The molecule has 0 fully saturated rings. The van der Waals surface area contributed by atoms with Crippen molar-refractivity contribution in [1.29, 1.82) is 0 Å². The van der Waals surface area contributed by atoms with Crippen molar-refractivity contribution in [1.82, 2.24) is 5.06 Å². The van der Waals surface area contributed by atoms with E-state index in [1.54, 1.807) is 13.1 Å². The van der Waals surface area contributed by atoms with E-state index in [9.17, 15) is 5.21 Å². The van der Waals surface area contributed by atoms with Gasteiger partial charge in [0.15, 0.2) is 0 Å². The van der Waals surface area contributed by atoms with Crippen LogP contribution in [0.2, 0.25) is 10.0 Å². The maximum absolute atomic E-state index is 9.63. The molecule has 0 spiro atoms. The summed E-state index contributed by atoms with van der Waals surface area (Å²) in [4.78, 5) is 2.10. The van der Waals surface area contributed by atoms with E-state index < -0.39 is 0 Å². The van der Waals surface area contributed by atoms with E-state index in [4.69, 9.17) is 23.2 Å². The van der Waals surface area contributed by atoms with Crippen LogP contribution in [0.1, 0.15) is 18.0 Å². The van der Waals surface area contributed by atoms with Gasteiger partial charge in [-0.15, -0.1) is 0 Å². The van der Waals surface area contributed by atoms with Crippen LogP contribution in [0.25, 0.3) is 0 Å². The zero-order valence-electron chi connectivity index (χ0n) is 9.24. The Balaban J connectivity index is 2.56. The van der Waals surface area contributed by atoms with Gasteiger partial charge in [-0.1, -0.05) is 23.2 Å². The van der Waals surface area contributed by atoms with E-state index in [-0.39, 0.29) is 6.04 Å². The molecule has 0 saturated heterocycles. The SMILES string of the molecule is CN1CCC(N(C)O)c2c(Cl)cc(Cl)cc21. The average molecular weight is 261 g/mol. The number of benzene rings is 1. The standard InChI is InChI=1S/C11H14Cl2N2O/c1-14-4-3-9(15(2)16)11-8(13)5-7(12)6-10(11)14/h5-6,9,16H,3-4H2,1-2H3. The van der Waals surface area contributed by atoms with Gasteiger partial charge in [0, 0.05) is 41.9 Å². The van der Waals surface area contributed by atoms with Crippen LogP contribution < -0.4 is 4.90 Å². The van der Waals surface area contributed by atoms with Crippen LogP contribution in [0.15, 0.2) is 12.1 Å². The van der Waals surface area contributed by atoms with Gasteiger partial charge in [-0.2, -0.15) is 5.06 Å². The number of hydrogen-bond acceptors (Lipinski definition) is 3. The summed E-state index contributed by atoms with van der Waals surface area (Å²) >= 11 is 12.2. The van der Waals surface area contributed by atoms with Crippen LogP contribution in [-0.2, 0) is 0 Å². The first kappa shape index (κ1) is 12.0. The summed E-state index contributed by atoms with van der Waals surface area (Å²) in [5, 5.41) is 12.1. The fourth-order valence-corrected chi connectivity index (χ4v) is 2.78. The molecule has 0 radical (unpaired) electrons. The zero-order valence-corrected chi connectivity index (χ0v) is 10.8. The second-order valence-electron chi connectivity index (χ2n) is 4.12. The summed E-state index contributed by atoms with van der Waals surface area (Å²) in [6.07, 6.45) is 0.845. The van der Waals surface area contributed by atoms with E-state index >= 15 is 0 Å². The maximum atomic E-state index is 9.63. The highest BCUT2D eigenvalue weighted by Crippen LogP contribution is 2.41. The minimum absolute atomic E-state index is 0.0593. The Morgan fingerprint density at radius 2 is 2.12 bits per heavy atom. The molecule has 1 aliphatic rings. The molecule has 0 aromatic heterocycles. The smallest absolute Gasteiger partial charge is 0.0648 e. The lowest BCUT2D eigenvalue weighted by atomic mass is 9.96. The molecule has 88 valence electrons. The van der Waals surface area contributed by atoms with Crippen LogP contribution in [0.3, 0.4) is 0 Å². The van der Waals surface area contributed by atoms with Gasteiger partial charge in [-0.25, -0.2) is 0 Å². The van der Waals surface area contributed by atoms with Crippen molar-refractivity contribution in [2.45, 2.75) is 12.5 Å². The fraction of sp³-hybridized carbons (Fsp3) is 0.455. The first-order chi connectivity index (χ1) is 7.50. The molecule has 1 aromatic rings. The third-order valence-corrected chi connectivity index (χ3v) is 3.54. The molecule has 1 unspecified atom stereocenters. The van der Waals surface area contributed by atoms with Crippen molar-refractivity contribution >= 4 is 28.9 Å². The van der Waals surface area contributed by atoms with Gasteiger partial charge in [0.25, 0.3) is 0 Å². The number of fused-ring (bicyclic) bond motifs is 1. The van der Waals surface area contributed by atoms with Crippen molar-refractivity contribution in [2.24, 2.45) is 0 Å². The number of halogens is 2. The Hall–Kier alpha value is -0.480. The summed E-state index contributed by atoms with van der Waals surface area (Å²) in [5.41, 5.74) is 1.94. The molecule has 1 atom stereocenters. The van der Waals surface area contributed by atoms with Gasteiger partial charge in [0.2, 0.25) is 0 Å². The summed E-state index contributed by atoms with van der Waals surface area (Å²) in [6, 6.07) is 3.55. The van der Waals surface area contributed by atoms with Crippen molar-refractivity contribution < 1.29 is 5.21 Å². The molecule has 0 amide bonds. The van der Waals surface area contributed by atoms with Gasteiger partial charge in [-0.05, 0) is 18.6 Å². The molecule has 1 heterocycles. The van der Waals surface area contributed by atoms with Crippen LogP contribution in [0, 0.1) is 0 Å². The van der Waals surface area contributed by atoms with Gasteiger partial charge in [0.1, 0.15) is 0 Å². The predicted molar refractivity (Wildman–Crippen MR) is 66.6 cm³/mol. The number of nitrogens with zero attached hydrogens (tertiary/aromatic N) is 2. The molecule has 1 N–H and O–H groups in total. The van der Waals surface area contributed by atoms with Gasteiger partial charge < -0.3 is 10.1 Å². The Morgan fingerprint density at radius 3 is 2.75 bits per heavy atom. The van der Waals surface area contributed by atoms with E-state index in [2.05, 4.69) is 4.90 Å². The highest BCUT2D eigenvalue weighted by molar-refractivity contribution is 6.35. The molecule has 0 bridgehead atoms. The molecular formula is C11H14Cl2N2O. The number of hydroxylamine groups is 2. The van der Waals surface area contributed by atoms with E-state index in [0.717, 1.165) is 24.2 Å². The second-order valence-corrected chi connectivity index (χ2v) is 4.96. The molecule has 0 aliphatic carbocycles. The maximum Gasteiger partial charge on any atom is 0.0648 e. The largest absolute Gasteiger partial charge is 0.374 e. The van der Waals surface area contributed by atoms with Gasteiger partial charge in [-0.3, -0.25) is 0 Å². The summed E-state index contributed by atoms with van der Waals surface area (Å²) in [6.45, 7) is 0.874. The lowest BCUT2D eigenvalue weighted by Gasteiger charge is -2.36. The number of rotatable bonds is 1. The monoisotopic (exact) mass is 260 g/mol. The fourth-order valence-electron chi connectivity index (χ4n) is 2.17. The highest BCUT2D eigenvalue weighted by atomic mass is 35.5. The van der Waals surface area contributed by atoms with Crippen LogP contribution in [0.4, 0.5) is 5.69 Å². The number of anilines is 1. The summed E-state index contributed by atoms with van der Waals surface area (Å²) < 4.78 is 0. The minimum Gasteiger partial charge on any atom is -0.374 e. The number of hydrogen-bond donors (Lipinski definition) is 1. The normalized spacial score (nSPS) is 20.1. The first-order valence-corrected chi connectivity index (χ1v) is 5.88. The molecule has 2 rings (SSSR count). The van der Waals surface area contributed by atoms with Crippen molar-refractivity contribution in [3.63, 3.8) is 0 Å². The lowest BCUT2D eigenvalue weighted by molar-refractivity contribution is -0.106. The Bertz CT molecular complexity index is 409. The highest BCUT2D eigenvalue weighted by Gasteiger charge is 2.28. The molecule has 1 aliphatic heterocycles. The van der Waals surface area contributed by atoms with E-state index in [1.807, 2.05) is 13.1 Å². The Labute approximate surface area is 105 Å². The molecule has 0 saturated carbocycles. The molecular weight excluding hydrogens is 247 g/mol. The third kappa shape index (κ3) is 2.00. The van der Waals surface area contributed by atoms with Crippen LogP contribution in [0.5, 0.6) is 0 Å². The Morgan fingerprint density at radius 1 is 1.44 bits per heavy atom. The lowest BCUT2D eigenvalue weighted by Crippen LogP contribution is -2.33. The average Bonchev–Trinajstić information content (AvgIpc) is 2.19. The third-order valence-electron chi connectivity index (χ3n) is 3.01. The second kappa shape index (κ2) is 4.41. The van der Waals surface area contributed by atoms with E-state index in [1.165, 1.54) is 5.06 Å². The Kier molecular flexibility index (Phi) is 3.31. The quantitative estimate of drug-likeness (QED) is 0.786. The first-order valence-electron chi connectivity index (χ1n) is 5.12. The van der Waals surface area contributed by atoms with E-state index in [0.29, 0.717) is 10.0 Å². The molecule has 5 heteroatoms. The van der Waals surface area contributed by atoms with Crippen molar-refractivity contribution in [3.8, 4) is 0 Å². The molecule has 1 aromatic carbocycles. The molecule has 16 heavy (non-hydrogen) atoms. The predicted octanol–water partition coefficient (Wildman–Crippen LogP) is 3.20. The summed E-state index contributed by atoms with van der Waals surface area (Å²) in [7, 11) is 3.64. The summed E-state index contributed by atoms with van der Waals surface area (Å²) in [5.74, 6) is 0. The van der Waals surface area contributed by atoms with Crippen LogP contribution in [-0.4, -0.2) is 30.9 Å². The van der Waals surface area contributed by atoms with Crippen molar-refractivity contribution in [3.05, 3.63) is 27.7 Å².